The van der Waals surface area contributed by atoms with Crippen molar-refractivity contribution in [1.29, 1.82) is 5.41 Å². The van der Waals surface area contributed by atoms with E-state index in [1.165, 1.54) is 22.4 Å². The molecule has 1 aliphatic rings. The molecule has 1 fully saturated rings. The number of anilines is 1. The Kier molecular flexibility index (Phi) is 13.1. The number of hydrogen-bond acceptors (Lipinski definition) is 6. The first-order chi connectivity index (χ1) is 27.8. The third-order valence-electron chi connectivity index (χ3n) is 11.3. The van der Waals surface area contributed by atoms with Gasteiger partial charge in [-0.2, -0.15) is 0 Å². The molecule has 9 heteroatoms. The first-order valence-corrected chi connectivity index (χ1v) is 20.4. The fourth-order valence-electron chi connectivity index (χ4n) is 8.00. The van der Waals surface area contributed by atoms with Gasteiger partial charge in [-0.15, -0.1) is 0 Å². The van der Waals surface area contributed by atoms with E-state index in [0.29, 0.717) is 25.2 Å². The van der Waals surface area contributed by atoms with Gasteiger partial charge in [0, 0.05) is 75.6 Å². The van der Waals surface area contributed by atoms with Crippen LogP contribution < -0.4 is 16.4 Å². The van der Waals surface area contributed by atoms with Crippen LogP contribution in [-0.4, -0.2) is 70.4 Å². The number of aromatic nitrogens is 2. The highest BCUT2D eigenvalue weighted by Crippen LogP contribution is 2.24. The molecule has 294 valence electrons. The zero-order valence-electron chi connectivity index (χ0n) is 33.2. The third-order valence-corrected chi connectivity index (χ3v) is 11.3. The molecule has 5 N–H and O–H groups in total. The number of aryl methyl sites for hydroxylation is 5. The number of carbonyl (C=O) groups is 1. The van der Waals surface area contributed by atoms with Crippen molar-refractivity contribution in [1.82, 2.24) is 19.4 Å². The van der Waals surface area contributed by atoms with Crippen molar-refractivity contribution in [3.63, 3.8) is 0 Å². The summed E-state index contributed by atoms with van der Waals surface area (Å²) < 4.78 is 2.37. The molecule has 1 aromatic heterocycles. The lowest BCUT2D eigenvalue weighted by Gasteiger charge is -2.36. The van der Waals surface area contributed by atoms with Crippen LogP contribution in [0, 0.1) is 12.3 Å². The standard InChI is InChI=1S/C48H56N8O/c1-36-9-5-6-13-44(36)54-31-29-53(30-32-54)26-8-28-56-45-24-23-42(33-43(45)52-46(56)25-20-38-18-21-41(22-19-38)47(50)51)48(57)55(27-7-12-37-10-3-2-4-11-37)35-40-16-14-39(34-49)15-17-40/h2-6,9-11,13-19,21-24,33H,7-8,12,20,25-32,34-35,49H2,1H3,(H3,50,51). The van der Waals surface area contributed by atoms with Gasteiger partial charge in [0.1, 0.15) is 11.7 Å². The predicted octanol–water partition coefficient (Wildman–Crippen LogP) is 7.36. The smallest absolute Gasteiger partial charge is 0.254 e. The highest BCUT2D eigenvalue weighted by molar-refractivity contribution is 5.97. The Labute approximate surface area is 337 Å². The molecule has 0 aliphatic carbocycles. The van der Waals surface area contributed by atoms with Gasteiger partial charge in [0.25, 0.3) is 5.91 Å². The fourth-order valence-corrected chi connectivity index (χ4v) is 8.00. The van der Waals surface area contributed by atoms with E-state index in [0.717, 1.165) is 105 Å². The number of rotatable bonds is 17. The van der Waals surface area contributed by atoms with E-state index in [1.807, 2.05) is 59.5 Å². The predicted molar refractivity (Wildman–Crippen MR) is 233 cm³/mol. The number of piperazine rings is 1. The number of fused-ring (bicyclic) bond motifs is 1. The van der Waals surface area contributed by atoms with Crippen LogP contribution in [0.3, 0.4) is 0 Å². The number of nitrogens with one attached hydrogen (secondary N) is 1. The van der Waals surface area contributed by atoms with Crippen LogP contribution in [0.4, 0.5) is 5.69 Å². The molecule has 5 aromatic carbocycles. The van der Waals surface area contributed by atoms with Gasteiger partial charge in [0.2, 0.25) is 0 Å². The second-order valence-corrected chi connectivity index (χ2v) is 15.3. The summed E-state index contributed by atoms with van der Waals surface area (Å²) in [7, 11) is 0. The second kappa shape index (κ2) is 18.9. The molecule has 7 rings (SSSR count). The topological polar surface area (TPSA) is 120 Å². The number of amidine groups is 1. The second-order valence-electron chi connectivity index (χ2n) is 15.3. The van der Waals surface area contributed by atoms with Gasteiger partial charge in [-0.05, 0) is 91.2 Å². The summed E-state index contributed by atoms with van der Waals surface area (Å²) in [5, 5.41) is 7.77. The number of benzene rings is 5. The van der Waals surface area contributed by atoms with Crippen molar-refractivity contribution in [3.8, 4) is 0 Å². The van der Waals surface area contributed by atoms with Crippen LogP contribution in [0.1, 0.15) is 62.4 Å². The molecule has 0 spiro atoms. The maximum atomic E-state index is 14.4. The summed E-state index contributed by atoms with van der Waals surface area (Å²) in [6.07, 6.45) is 4.35. The number of carbonyl (C=O) groups excluding carboxylic acids is 1. The molecule has 0 atom stereocenters. The lowest BCUT2D eigenvalue weighted by molar-refractivity contribution is 0.0741. The van der Waals surface area contributed by atoms with Gasteiger partial charge in [0.05, 0.1) is 11.0 Å². The Morgan fingerprint density at radius 2 is 1.39 bits per heavy atom. The van der Waals surface area contributed by atoms with Crippen molar-refractivity contribution >= 4 is 28.5 Å². The van der Waals surface area contributed by atoms with Gasteiger partial charge >= 0.3 is 0 Å². The Morgan fingerprint density at radius 1 is 0.719 bits per heavy atom. The van der Waals surface area contributed by atoms with Gasteiger partial charge in [-0.3, -0.25) is 15.1 Å². The van der Waals surface area contributed by atoms with Gasteiger partial charge < -0.3 is 25.8 Å². The average Bonchev–Trinajstić information content (AvgIpc) is 3.59. The molecule has 6 aromatic rings. The van der Waals surface area contributed by atoms with Crippen molar-refractivity contribution in [2.75, 3.05) is 44.2 Å². The van der Waals surface area contributed by atoms with Gasteiger partial charge in [0.15, 0.2) is 0 Å². The molecule has 1 aliphatic heterocycles. The normalized spacial score (nSPS) is 13.3. The number of hydrogen-bond donors (Lipinski definition) is 3. The minimum atomic E-state index is 0.0133. The molecule has 2 heterocycles. The van der Waals surface area contributed by atoms with Gasteiger partial charge in [-0.25, -0.2) is 4.98 Å². The van der Waals surface area contributed by atoms with Gasteiger partial charge in [-0.1, -0.05) is 97.1 Å². The van der Waals surface area contributed by atoms with E-state index in [2.05, 4.69) is 88.0 Å². The minimum Gasteiger partial charge on any atom is -0.384 e. The van der Waals surface area contributed by atoms with Crippen molar-refractivity contribution in [3.05, 3.63) is 166 Å². The largest absolute Gasteiger partial charge is 0.384 e. The van der Waals surface area contributed by atoms with Crippen LogP contribution in [0.2, 0.25) is 0 Å². The summed E-state index contributed by atoms with van der Waals surface area (Å²) in [6.45, 7) is 9.89. The van der Waals surface area contributed by atoms with Crippen LogP contribution in [0.15, 0.2) is 121 Å². The van der Waals surface area contributed by atoms with E-state index >= 15 is 0 Å². The van der Waals surface area contributed by atoms with E-state index < -0.39 is 0 Å². The monoisotopic (exact) mass is 760 g/mol. The zero-order valence-corrected chi connectivity index (χ0v) is 33.2. The summed E-state index contributed by atoms with van der Waals surface area (Å²) in [6, 6.07) is 41.4. The Hall–Kier alpha value is -5.77. The lowest BCUT2D eigenvalue weighted by Crippen LogP contribution is -2.47. The molecule has 0 saturated carbocycles. The average molecular weight is 761 g/mol. The number of nitrogens with two attached hydrogens (primary N) is 2. The van der Waals surface area contributed by atoms with E-state index in [-0.39, 0.29) is 11.7 Å². The zero-order chi connectivity index (χ0) is 39.6. The fraction of sp³-hybridized carbons (Fsp3) is 0.312. The maximum absolute atomic E-state index is 14.4. The number of nitrogen functional groups attached to an aromatic ring is 1. The van der Waals surface area contributed by atoms with Crippen molar-refractivity contribution in [2.45, 2.75) is 58.7 Å². The lowest BCUT2D eigenvalue weighted by atomic mass is 10.1. The quantitative estimate of drug-likeness (QED) is 0.0661. The summed E-state index contributed by atoms with van der Waals surface area (Å²) in [5.74, 6) is 1.11. The summed E-state index contributed by atoms with van der Waals surface area (Å²) in [5.41, 5.74) is 22.2. The third kappa shape index (κ3) is 10.2. The van der Waals surface area contributed by atoms with Crippen LogP contribution in [-0.2, 0) is 38.9 Å². The number of imidazole rings is 1. The van der Waals surface area contributed by atoms with E-state index in [9.17, 15) is 4.79 Å². The Bertz CT molecular complexity index is 2240. The molecule has 9 nitrogen and oxygen atoms in total. The van der Waals surface area contributed by atoms with Crippen molar-refractivity contribution in [2.24, 2.45) is 11.5 Å². The minimum absolute atomic E-state index is 0.0133. The first-order valence-electron chi connectivity index (χ1n) is 20.4. The first kappa shape index (κ1) is 39.5. The van der Waals surface area contributed by atoms with Crippen LogP contribution in [0.25, 0.3) is 11.0 Å². The Morgan fingerprint density at radius 3 is 2.11 bits per heavy atom. The van der Waals surface area contributed by atoms with Crippen LogP contribution >= 0.6 is 0 Å². The van der Waals surface area contributed by atoms with Crippen LogP contribution in [0.5, 0.6) is 0 Å². The molecule has 0 radical (unpaired) electrons. The molecular weight excluding hydrogens is 705 g/mol. The Balaban J connectivity index is 1.08. The van der Waals surface area contributed by atoms with E-state index in [4.69, 9.17) is 21.9 Å². The molecule has 0 bridgehead atoms. The SMILES string of the molecule is Cc1ccccc1N1CCN(CCCn2c(CCc3ccc(C(=N)N)cc3)nc3cc(C(=O)N(CCCc4ccccc4)Cc4ccc(CN)cc4)ccc32)CC1. The molecule has 57 heavy (non-hydrogen) atoms. The number of para-hydroxylation sites is 1. The maximum Gasteiger partial charge on any atom is 0.254 e. The number of amides is 1. The molecule has 0 unspecified atom stereocenters. The number of nitrogens with zero attached hydrogens (tertiary/aromatic N) is 5. The molecule has 1 saturated heterocycles. The molecule has 1 amide bonds. The molecular formula is C48H56N8O. The summed E-state index contributed by atoms with van der Waals surface area (Å²) >= 11 is 0. The highest BCUT2D eigenvalue weighted by Gasteiger charge is 2.21. The summed E-state index contributed by atoms with van der Waals surface area (Å²) in [4.78, 5) is 26.6. The van der Waals surface area contributed by atoms with Crippen molar-refractivity contribution < 1.29 is 4.79 Å². The highest BCUT2D eigenvalue weighted by atomic mass is 16.2. The van der Waals surface area contributed by atoms with E-state index in [1.54, 1.807) is 0 Å².